The van der Waals surface area contributed by atoms with Crippen LogP contribution in [0.3, 0.4) is 0 Å². The standard InChI is InChI=1S/C19H12F3N3O3/c20-19(21,22)10-28-16-6-5-12(7-11(16)8-23)25-18(27)14-9-24-15-4-2-1-3-13(15)17(14)26/h1-7,9H,10H2,(H,24,26)(H,25,27). The van der Waals surface area contributed by atoms with Gasteiger partial charge in [-0.25, -0.2) is 0 Å². The Morgan fingerprint density at radius 1 is 1.21 bits per heavy atom. The molecule has 0 radical (unpaired) electrons. The number of nitriles is 1. The summed E-state index contributed by atoms with van der Waals surface area (Å²) in [6.07, 6.45) is -3.28. The zero-order valence-corrected chi connectivity index (χ0v) is 14.1. The second kappa shape index (κ2) is 7.44. The summed E-state index contributed by atoms with van der Waals surface area (Å²) < 4.78 is 41.4. The number of carbonyl (C=O) groups excluding carboxylic acids is 1. The van der Waals surface area contributed by atoms with Crippen LogP contribution in [-0.2, 0) is 0 Å². The molecule has 0 saturated heterocycles. The number of para-hydroxylation sites is 1. The Hall–Kier alpha value is -3.80. The number of nitrogens with zero attached hydrogens (tertiary/aromatic N) is 1. The van der Waals surface area contributed by atoms with Crippen molar-refractivity contribution in [2.75, 3.05) is 11.9 Å². The molecule has 0 fully saturated rings. The molecule has 0 aliphatic heterocycles. The number of benzene rings is 2. The third-order valence-electron chi connectivity index (χ3n) is 3.78. The number of aromatic amines is 1. The minimum absolute atomic E-state index is 0.133. The van der Waals surface area contributed by atoms with Gasteiger partial charge in [0, 0.05) is 22.8 Å². The summed E-state index contributed by atoms with van der Waals surface area (Å²) in [5, 5.41) is 11.9. The highest BCUT2D eigenvalue weighted by atomic mass is 19.4. The van der Waals surface area contributed by atoms with E-state index in [0.717, 1.165) is 6.07 Å². The van der Waals surface area contributed by atoms with Crippen LogP contribution in [0.2, 0.25) is 0 Å². The summed E-state index contributed by atoms with van der Waals surface area (Å²) in [6, 6.07) is 12.0. The van der Waals surface area contributed by atoms with Crippen LogP contribution in [0, 0.1) is 11.3 Å². The molecule has 0 atom stereocenters. The molecular formula is C19H12F3N3O3. The van der Waals surface area contributed by atoms with E-state index in [0.29, 0.717) is 10.9 Å². The van der Waals surface area contributed by atoms with E-state index >= 15 is 0 Å². The molecule has 142 valence electrons. The Morgan fingerprint density at radius 3 is 2.68 bits per heavy atom. The Labute approximate surface area is 156 Å². The van der Waals surface area contributed by atoms with Gasteiger partial charge in [-0.2, -0.15) is 18.4 Å². The third kappa shape index (κ3) is 4.12. The Kier molecular flexibility index (Phi) is 5.04. The lowest BCUT2D eigenvalue weighted by atomic mass is 10.1. The molecule has 0 unspecified atom stereocenters. The third-order valence-corrected chi connectivity index (χ3v) is 3.78. The molecule has 0 aliphatic rings. The number of fused-ring (bicyclic) bond motifs is 1. The number of rotatable bonds is 4. The molecule has 1 heterocycles. The minimum atomic E-state index is -4.54. The molecule has 2 N–H and O–H groups in total. The van der Waals surface area contributed by atoms with E-state index in [1.807, 2.05) is 0 Å². The summed E-state index contributed by atoms with van der Waals surface area (Å²) in [7, 11) is 0. The molecular weight excluding hydrogens is 375 g/mol. The van der Waals surface area contributed by atoms with Gasteiger partial charge >= 0.3 is 6.18 Å². The number of halogens is 3. The lowest BCUT2D eigenvalue weighted by Crippen LogP contribution is -2.22. The predicted octanol–water partition coefficient (Wildman–Crippen LogP) is 3.59. The molecule has 0 aliphatic carbocycles. The lowest BCUT2D eigenvalue weighted by Gasteiger charge is -2.12. The van der Waals surface area contributed by atoms with Crippen LogP contribution in [0.5, 0.6) is 5.75 Å². The second-order valence-corrected chi connectivity index (χ2v) is 5.76. The number of H-pyrrole nitrogens is 1. The highest BCUT2D eigenvalue weighted by Gasteiger charge is 2.29. The van der Waals surface area contributed by atoms with Crippen molar-refractivity contribution in [3.8, 4) is 11.8 Å². The molecule has 2 aromatic carbocycles. The normalized spacial score (nSPS) is 11.1. The maximum absolute atomic E-state index is 12.5. The number of pyridine rings is 1. The van der Waals surface area contributed by atoms with Crippen molar-refractivity contribution in [2.45, 2.75) is 6.18 Å². The van der Waals surface area contributed by atoms with E-state index < -0.39 is 24.1 Å². The highest BCUT2D eigenvalue weighted by Crippen LogP contribution is 2.25. The number of amides is 1. The molecule has 0 bridgehead atoms. The molecule has 6 nitrogen and oxygen atoms in total. The number of carbonyl (C=O) groups is 1. The van der Waals surface area contributed by atoms with Crippen molar-refractivity contribution in [2.24, 2.45) is 0 Å². The van der Waals surface area contributed by atoms with Crippen LogP contribution < -0.4 is 15.5 Å². The predicted molar refractivity (Wildman–Crippen MR) is 95.2 cm³/mol. The number of aromatic nitrogens is 1. The van der Waals surface area contributed by atoms with Crippen LogP contribution in [-0.4, -0.2) is 23.7 Å². The van der Waals surface area contributed by atoms with Gasteiger partial charge in [-0.05, 0) is 30.3 Å². The number of ether oxygens (including phenoxy) is 1. The van der Waals surface area contributed by atoms with E-state index in [1.54, 1.807) is 30.3 Å². The van der Waals surface area contributed by atoms with Crippen LogP contribution in [0.25, 0.3) is 10.9 Å². The lowest BCUT2D eigenvalue weighted by molar-refractivity contribution is -0.153. The van der Waals surface area contributed by atoms with E-state index in [4.69, 9.17) is 5.26 Å². The maximum Gasteiger partial charge on any atom is 0.422 e. The van der Waals surface area contributed by atoms with E-state index in [9.17, 15) is 22.8 Å². The van der Waals surface area contributed by atoms with E-state index in [-0.39, 0.29) is 22.6 Å². The summed E-state index contributed by atoms with van der Waals surface area (Å²) >= 11 is 0. The van der Waals surface area contributed by atoms with Gasteiger partial charge in [-0.1, -0.05) is 12.1 Å². The number of alkyl halides is 3. The molecule has 1 amide bonds. The Balaban J connectivity index is 1.84. The summed E-state index contributed by atoms with van der Waals surface area (Å²) in [5.41, 5.74) is -0.1000. The van der Waals surface area contributed by atoms with Crippen molar-refractivity contribution < 1.29 is 22.7 Å². The van der Waals surface area contributed by atoms with Crippen LogP contribution in [0.1, 0.15) is 15.9 Å². The fourth-order valence-corrected chi connectivity index (χ4v) is 2.52. The van der Waals surface area contributed by atoms with Gasteiger partial charge in [0.15, 0.2) is 6.61 Å². The zero-order valence-electron chi connectivity index (χ0n) is 14.1. The molecule has 3 rings (SSSR count). The Morgan fingerprint density at radius 2 is 1.96 bits per heavy atom. The first-order valence-corrected chi connectivity index (χ1v) is 7.94. The van der Waals surface area contributed by atoms with Crippen molar-refractivity contribution in [1.29, 1.82) is 5.26 Å². The average molecular weight is 387 g/mol. The van der Waals surface area contributed by atoms with Crippen LogP contribution in [0.4, 0.5) is 18.9 Å². The van der Waals surface area contributed by atoms with Gasteiger partial charge < -0.3 is 15.0 Å². The fourth-order valence-electron chi connectivity index (χ4n) is 2.52. The van der Waals surface area contributed by atoms with Crippen molar-refractivity contribution >= 4 is 22.5 Å². The first-order valence-electron chi connectivity index (χ1n) is 7.94. The molecule has 0 spiro atoms. The van der Waals surface area contributed by atoms with Gasteiger partial charge in [0.05, 0.1) is 5.56 Å². The van der Waals surface area contributed by atoms with Gasteiger partial charge in [-0.3, -0.25) is 9.59 Å². The summed E-state index contributed by atoms with van der Waals surface area (Å²) in [4.78, 5) is 27.7. The van der Waals surface area contributed by atoms with Crippen molar-refractivity contribution in [3.05, 3.63) is 70.0 Å². The molecule has 9 heteroatoms. The molecule has 0 saturated carbocycles. The number of anilines is 1. The monoisotopic (exact) mass is 387 g/mol. The molecule has 28 heavy (non-hydrogen) atoms. The second-order valence-electron chi connectivity index (χ2n) is 5.76. The number of hydrogen-bond acceptors (Lipinski definition) is 4. The maximum atomic E-state index is 12.5. The van der Waals surface area contributed by atoms with Crippen LogP contribution in [0.15, 0.2) is 53.5 Å². The smallest absolute Gasteiger partial charge is 0.422 e. The number of hydrogen-bond donors (Lipinski definition) is 2. The van der Waals surface area contributed by atoms with Gasteiger partial charge in [0.1, 0.15) is 17.4 Å². The van der Waals surface area contributed by atoms with E-state index in [1.165, 1.54) is 18.3 Å². The van der Waals surface area contributed by atoms with Gasteiger partial charge in [-0.15, -0.1) is 0 Å². The van der Waals surface area contributed by atoms with Crippen LogP contribution >= 0.6 is 0 Å². The summed E-state index contributed by atoms with van der Waals surface area (Å²) in [6.45, 7) is -1.54. The average Bonchev–Trinajstić information content (AvgIpc) is 2.66. The van der Waals surface area contributed by atoms with E-state index in [2.05, 4.69) is 15.0 Å². The molecule has 3 aromatic rings. The zero-order chi connectivity index (χ0) is 20.3. The van der Waals surface area contributed by atoms with Crippen molar-refractivity contribution in [3.63, 3.8) is 0 Å². The minimum Gasteiger partial charge on any atom is -0.483 e. The number of nitrogens with one attached hydrogen (secondary N) is 2. The first-order chi connectivity index (χ1) is 13.3. The molecule has 1 aromatic heterocycles. The SMILES string of the molecule is N#Cc1cc(NC(=O)c2c[nH]c3ccccc3c2=O)ccc1OCC(F)(F)F. The first kappa shape index (κ1) is 19.0. The topological polar surface area (TPSA) is 95.0 Å². The van der Waals surface area contributed by atoms with Gasteiger partial charge in [0.25, 0.3) is 5.91 Å². The van der Waals surface area contributed by atoms with Crippen molar-refractivity contribution in [1.82, 2.24) is 4.98 Å². The summed E-state index contributed by atoms with van der Waals surface area (Å²) in [5.74, 6) is -0.985. The van der Waals surface area contributed by atoms with Gasteiger partial charge in [0.2, 0.25) is 5.43 Å². The Bertz CT molecular complexity index is 1150. The highest BCUT2D eigenvalue weighted by molar-refractivity contribution is 6.05. The quantitative estimate of drug-likeness (QED) is 0.715. The fraction of sp³-hybridized carbons (Fsp3) is 0.105. The largest absolute Gasteiger partial charge is 0.483 e.